The van der Waals surface area contributed by atoms with E-state index in [-0.39, 0.29) is 28.7 Å². The van der Waals surface area contributed by atoms with Gasteiger partial charge in [0.15, 0.2) is 0 Å². The summed E-state index contributed by atoms with van der Waals surface area (Å²) in [7, 11) is 1.81. The molecule has 0 N–H and O–H groups in total. The number of carbonyl (C=O) groups excluding carboxylic acids is 3. The van der Waals surface area contributed by atoms with Crippen molar-refractivity contribution in [1.29, 1.82) is 0 Å². The van der Waals surface area contributed by atoms with Crippen molar-refractivity contribution in [2.45, 2.75) is 58.9 Å². The van der Waals surface area contributed by atoms with Gasteiger partial charge in [-0.25, -0.2) is 4.90 Å². The Morgan fingerprint density at radius 2 is 1.36 bits per heavy atom. The quantitative estimate of drug-likeness (QED) is 0.189. The highest BCUT2D eigenvalue weighted by atomic mass is 16.5. The van der Waals surface area contributed by atoms with Crippen molar-refractivity contribution in [3.8, 4) is 22.6 Å². The predicted octanol–water partition coefficient (Wildman–Crippen LogP) is 9.15. The molecule has 0 spiro atoms. The van der Waals surface area contributed by atoms with E-state index in [0.29, 0.717) is 39.4 Å². The lowest BCUT2D eigenvalue weighted by Gasteiger charge is -2.35. The number of amides is 3. The van der Waals surface area contributed by atoms with Crippen LogP contribution in [0.1, 0.15) is 90.2 Å². The van der Waals surface area contributed by atoms with Crippen molar-refractivity contribution in [3.63, 3.8) is 0 Å². The number of carbonyl (C=O) groups is 3. The number of hydrogen-bond acceptors (Lipinski definition) is 4. The molecular formula is C39H40N2O4. The third-order valence-electron chi connectivity index (χ3n) is 8.85. The minimum Gasteiger partial charge on any atom is -0.457 e. The summed E-state index contributed by atoms with van der Waals surface area (Å²) in [6.45, 7) is 16.5. The smallest absolute Gasteiger partial charge is 0.266 e. The SMILES string of the molecule is C=Cc1cc(-c2ccc3c(c2)C(=O)N(c2ccc(Oc4ccc(C(C)(C)C)cc4)cc2)C3=O)ccc1C(=O)N(C)C(C)(C)CC. The largest absolute Gasteiger partial charge is 0.457 e. The summed E-state index contributed by atoms with van der Waals surface area (Å²) in [5, 5.41) is 0. The molecule has 4 aromatic carbocycles. The van der Waals surface area contributed by atoms with E-state index in [1.54, 1.807) is 53.4 Å². The molecule has 0 radical (unpaired) electrons. The highest BCUT2D eigenvalue weighted by Crippen LogP contribution is 2.34. The molecule has 0 atom stereocenters. The average molecular weight is 601 g/mol. The third kappa shape index (κ3) is 6.05. The van der Waals surface area contributed by atoms with Crippen molar-refractivity contribution < 1.29 is 19.1 Å². The summed E-state index contributed by atoms with van der Waals surface area (Å²) in [4.78, 5) is 43.2. The topological polar surface area (TPSA) is 66.9 Å². The Labute approximate surface area is 265 Å². The molecular weight excluding hydrogens is 560 g/mol. The summed E-state index contributed by atoms with van der Waals surface area (Å²) >= 11 is 0. The van der Waals surface area contributed by atoms with E-state index < -0.39 is 0 Å². The van der Waals surface area contributed by atoms with Crippen LogP contribution in [0.25, 0.3) is 17.2 Å². The van der Waals surface area contributed by atoms with E-state index in [9.17, 15) is 14.4 Å². The standard InChI is InChI=1S/C39H40N2O4/c1-9-25-23-26(11-21-32(25)35(42)40(8)39(6,7)10-2)27-12-22-33-34(24-27)37(44)41(36(33)43)29-15-19-31(20-16-29)45-30-17-13-28(14-18-30)38(3,4)5/h9,11-24H,1,10H2,2-8H3. The molecule has 1 aliphatic heterocycles. The van der Waals surface area contributed by atoms with Crippen LogP contribution in [0, 0.1) is 0 Å². The van der Waals surface area contributed by atoms with Crippen LogP contribution in [0.5, 0.6) is 11.5 Å². The van der Waals surface area contributed by atoms with Gasteiger partial charge in [0.05, 0.1) is 16.8 Å². The minimum absolute atomic E-state index is 0.0514. The first-order valence-electron chi connectivity index (χ1n) is 15.2. The molecule has 6 heteroatoms. The highest BCUT2D eigenvalue weighted by Gasteiger charge is 2.37. The Morgan fingerprint density at radius 3 is 1.93 bits per heavy atom. The fourth-order valence-electron chi connectivity index (χ4n) is 5.28. The van der Waals surface area contributed by atoms with Crippen LogP contribution < -0.4 is 9.64 Å². The maximum Gasteiger partial charge on any atom is 0.266 e. The van der Waals surface area contributed by atoms with E-state index in [4.69, 9.17) is 4.74 Å². The van der Waals surface area contributed by atoms with Crippen molar-refractivity contribution in [3.05, 3.63) is 119 Å². The number of nitrogens with zero attached hydrogens (tertiary/aromatic N) is 2. The highest BCUT2D eigenvalue weighted by molar-refractivity contribution is 6.34. The van der Waals surface area contributed by atoms with Crippen molar-refractivity contribution in [2.24, 2.45) is 0 Å². The van der Waals surface area contributed by atoms with Gasteiger partial charge in [-0.2, -0.15) is 0 Å². The monoisotopic (exact) mass is 600 g/mol. The lowest BCUT2D eigenvalue weighted by atomic mass is 9.87. The molecule has 3 amide bonds. The van der Waals surface area contributed by atoms with E-state index in [0.717, 1.165) is 17.5 Å². The van der Waals surface area contributed by atoms with Gasteiger partial charge in [-0.05, 0) is 109 Å². The Morgan fingerprint density at radius 1 is 0.800 bits per heavy atom. The summed E-state index contributed by atoms with van der Waals surface area (Å²) < 4.78 is 6.00. The van der Waals surface area contributed by atoms with Crippen LogP contribution in [0.15, 0.2) is 91.5 Å². The molecule has 230 valence electrons. The van der Waals surface area contributed by atoms with Gasteiger partial charge in [-0.3, -0.25) is 14.4 Å². The number of rotatable bonds is 8. The number of fused-ring (bicyclic) bond motifs is 1. The van der Waals surface area contributed by atoms with Crippen LogP contribution in [0.2, 0.25) is 0 Å². The van der Waals surface area contributed by atoms with Crippen molar-refractivity contribution >= 4 is 29.5 Å². The number of anilines is 1. The molecule has 0 bridgehead atoms. The number of imide groups is 1. The van der Waals surface area contributed by atoms with Gasteiger partial charge in [-0.15, -0.1) is 0 Å². The fraction of sp³-hybridized carbons (Fsp3) is 0.256. The zero-order valence-electron chi connectivity index (χ0n) is 27.1. The molecule has 0 fully saturated rings. The molecule has 5 rings (SSSR count). The second-order valence-electron chi connectivity index (χ2n) is 13.1. The van der Waals surface area contributed by atoms with Gasteiger partial charge in [0, 0.05) is 18.2 Å². The van der Waals surface area contributed by atoms with Gasteiger partial charge in [-0.1, -0.05) is 64.6 Å². The van der Waals surface area contributed by atoms with Crippen LogP contribution in [0.4, 0.5) is 5.69 Å². The third-order valence-corrected chi connectivity index (χ3v) is 8.85. The van der Waals surface area contributed by atoms with Crippen LogP contribution >= 0.6 is 0 Å². The first kappa shape index (κ1) is 31.5. The van der Waals surface area contributed by atoms with Crippen LogP contribution in [-0.2, 0) is 5.41 Å². The Hall–Kier alpha value is -4.97. The zero-order chi connectivity index (χ0) is 32.7. The Kier molecular flexibility index (Phi) is 8.28. The molecule has 1 aliphatic rings. The van der Waals surface area contributed by atoms with Crippen molar-refractivity contribution in [1.82, 2.24) is 4.90 Å². The maximum absolute atomic E-state index is 13.6. The average Bonchev–Trinajstić information content (AvgIpc) is 3.28. The van der Waals surface area contributed by atoms with Gasteiger partial charge in [0.1, 0.15) is 11.5 Å². The zero-order valence-corrected chi connectivity index (χ0v) is 27.1. The fourth-order valence-corrected chi connectivity index (χ4v) is 5.28. The van der Waals surface area contributed by atoms with Gasteiger partial charge >= 0.3 is 0 Å². The number of ether oxygens (including phenoxy) is 1. The van der Waals surface area contributed by atoms with Gasteiger partial charge < -0.3 is 9.64 Å². The number of benzene rings is 4. The summed E-state index contributed by atoms with van der Waals surface area (Å²) in [6.07, 6.45) is 2.49. The molecule has 0 saturated heterocycles. The predicted molar refractivity (Wildman–Crippen MR) is 181 cm³/mol. The second kappa shape index (κ2) is 11.8. The number of hydrogen-bond donors (Lipinski definition) is 0. The molecule has 0 aromatic heterocycles. The minimum atomic E-state index is -0.387. The Balaban J connectivity index is 1.36. The molecule has 6 nitrogen and oxygen atoms in total. The first-order chi connectivity index (χ1) is 21.2. The van der Waals surface area contributed by atoms with Gasteiger partial charge in [0.2, 0.25) is 0 Å². The first-order valence-corrected chi connectivity index (χ1v) is 15.2. The summed E-state index contributed by atoms with van der Waals surface area (Å²) in [5.74, 6) is 0.469. The molecule has 4 aromatic rings. The summed E-state index contributed by atoms with van der Waals surface area (Å²) in [6, 6.07) is 25.7. The normalized spacial score (nSPS) is 13.1. The van der Waals surface area contributed by atoms with Crippen molar-refractivity contribution in [2.75, 3.05) is 11.9 Å². The molecule has 0 unspecified atom stereocenters. The van der Waals surface area contributed by atoms with E-state index in [2.05, 4.69) is 46.4 Å². The van der Waals surface area contributed by atoms with Crippen LogP contribution in [-0.4, -0.2) is 35.2 Å². The molecule has 0 aliphatic carbocycles. The maximum atomic E-state index is 13.6. The summed E-state index contributed by atoms with van der Waals surface area (Å²) in [5.41, 5.74) is 4.97. The van der Waals surface area contributed by atoms with Crippen LogP contribution in [0.3, 0.4) is 0 Å². The van der Waals surface area contributed by atoms with E-state index >= 15 is 0 Å². The Bertz CT molecular complexity index is 1790. The lowest BCUT2D eigenvalue weighted by Crippen LogP contribution is -2.44. The van der Waals surface area contributed by atoms with E-state index in [1.165, 1.54) is 10.5 Å². The molecule has 45 heavy (non-hydrogen) atoms. The molecule has 1 heterocycles. The molecule has 0 saturated carbocycles. The van der Waals surface area contributed by atoms with E-state index in [1.807, 2.05) is 51.2 Å². The lowest BCUT2D eigenvalue weighted by molar-refractivity contribution is 0.0619. The second-order valence-corrected chi connectivity index (χ2v) is 13.1. The van der Waals surface area contributed by atoms with Gasteiger partial charge in [0.25, 0.3) is 17.7 Å².